The first-order chi connectivity index (χ1) is 9.65. The number of aryl methyl sites for hydroxylation is 2. The van der Waals surface area contributed by atoms with E-state index in [1.807, 2.05) is 44.2 Å². The molecule has 2 aromatic carbocycles. The Labute approximate surface area is 117 Å². The molecule has 0 spiro atoms. The van der Waals surface area contributed by atoms with Gasteiger partial charge in [0.05, 0.1) is 5.69 Å². The van der Waals surface area contributed by atoms with Crippen LogP contribution in [0.15, 0.2) is 46.9 Å². The summed E-state index contributed by atoms with van der Waals surface area (Å²) in [5.74, 6) is 0.632. The molecule has 0 atom stereocenters. The van der Waals surface area contributed by atoms with E-state index in [2.05, 4.69) is 5.32 Å². The van der Waals surface area contributed by atoms with Gasteiger partial charge in [-0.3, -0.25) is 0 Å². The lowest BCUT2D eigenvalue weighted by atomic mass is 10.1. The highest BCUT2D eigenvalue weighted by atomic mass is 19.1. The molecule has 0 radical (unpaired) electrons. The lowest BCUT2D eigenvalue weighted by molar-refractivity contribution is 0.572. The van der Waals surface area contributed by atoms with Crippen LogP contribution >= 0.6 is 0 Å². The Kier molecular flexibility index (Phi) is 3.18. The van der Waals surface area contributed by atoms with Gasteiger partial charge in [0, 0.05) is 17.5 Å². The molecule has 20 heavy (non-hydrogen) atoms. The number of anilines is 1. The van der Waals surface area contributed by atoms with Crippen LogP contribution in [0.1, 0.15) is 16.9 Å². The van der Waals surface area contributed by atoms with Crippen LogP contribution in [0.4, 0.5) is 10.1 Å². The lowest BCUT2D eigenvalue weighted by Crippen LogP contribution is -2.02. The van der Waals surface area contributed by atoms with E-state index >= 15 is 0 Å². The molecule has 2 nitrogen and oxygen atoms in total. The van der Waals surface area contributed by atoms with Crippen molar-refractivity contribution in [3.63, 3.8) is 0 Å². The van der Waals surface area contributed by atoms with Gasteiger partial charge in [-0.1, -0.05) is 24.3 Å². The Bertz CT molecular complexity index is 761. The summed E-state index contributed by atoms with van der Waals surface area (Å²) < 4.78 is 19.4. The molecule has 0 unspecified atom stereocenters. The predicted octanol–water partition coefficient (Wildman–Crippen LogP) is 4.80. The van der Waals surface area contributed by atoms with Gasteiger partial charge in [0.25, 0.3) is 0 Å². The molecular weight excluding hydrogens is 253 g/mol. The fraction of sp³-hybridized carbons (Fsp3) is 0.176. The standard InChI is InChI=1S/C17H16FNO/c1-11-7-8-15(18)16(9-11)19-10-14-12(2)20-17-6-4-3-5-13(14)17/h3-9,19H,10H2,1-2H3. The van der Waals surface area contributed by atoms with Crippen molar-refractivity contribution in [1.82, 2.24) is 0 Å². The molecule has 3 heteroatoms. The van der Waals surface area contributed by atoms with Gasteiger partial charge in [0.15, 0.2) is 0 Å². The molecule has 1 N–H and O–H groups in total. The molecule has 1 aromatic heterocycles. The molecule has 0 bridgehead atoms. The summed E-state index contributed by atoms with van der Waals surface area (Å²) in [6.07, 6.45) is 0. The summed E-state index contributed by atoms with van der Waals surface area (Å²) in [5, 5.41) is 4.23. The largest absolute Gasteiger partial charge is 0.461 e. The summed E-state index contributed by atoms with van der Waals surface area (Å²) in [6.45, 7) is 4.43. The summed E-state index contributed by atoms with van der Waals surface area (Å²) in [5.41, 5.74) is 3.49. The Morgan fingerprint density at radius 2 is 1.90 bits per heavy atom. The minimum absolute atomic E-state index is 0.235. The number of para-hydroxylation sites is 1. The minimum Gasteiger partial charge on any atom is -0.461 e. The number of rotatable bonds is 3. The molecule has 0 fully saturated rings. The Morgan fingerprint density at radius 1 is 1.10 bits per heavy atom. The highest BCUT2D eigenvalue weighted by Gasteiger charge is 2.11. The fourth-order valence-corrected chi connectivity index (χ4v) is 2.40. The van der Waals surface area contributed by atoms with Crippen molar-refractivity contribution in [3.8, 4) is 0 Å². The van der Waals surface area contributed by atoms with Gasteiger partial charge in [0.1, 0.15) is 17.2 Å². The highest BCUT2D eigenvalue weighted by Crippen LogP contribution is 2.26. The van der Waals surface area contributed by atoms with Gasteiger partial charge >= 0.3 is 0 Å². The maximum absolute atomic E-state index is 13.7. The summed E-state index contributed by atoms with van der Waals surface area (Å²) in [4.78, 5) is 0. The number of furan rings is 1. The van der Waals surface area contributed by atoms with Crippen LogP contribution < -0.4 is 5.32 Å². The third-order valence-corrected chi connectivity index (χ3v) is 3.48. The lowest BCUT2D eigenvalue weighted by Gasteiger charge is -2.08. The van der Waals surface area contributed by atoms with E-state index in [4.69, 9.17) is 4.42 Å². The third-order valence-electron chi connectivity index (χ3n) is 3.48. The quantitative estimate of drug-likeness (QED) is 0.738. The molecule has 0 aliphatic rings. The van der Waals surface area contributed by atoms with Crippen LogP contribution in [0, 0.1) is 19.7 Å². The first-order valence-electron chi connectivity index (χ1n) is 6.62. The number of fused-ring (bicyclic) bond motifs is 1. The summed E-state index contributed by atoms with van der Waals surface area (Å²) in [7, 11) is 0. The first kappa shape index (κ1) is 12.7. The number of hydrogen-bond donors (Lipinski definition) is 1. The van der Waals surface area contributed by atoms with Crippen LogP contribution in [0.2, 0.25) is 0 Å². The van der Waals surface area contributed by atoms with Crippen molar-refractivity contribution in [2.75, 3.05) is 5.32 Å². The number of nitrogens with one attached hydrogen (secondary N) is 1. The minimum atomic E-state index is -0.235. The second-order valence-corrected chi connectivity index (χ2v) is 4.97. The van der Waals surface area contributed by atoms with Crippen LogP contribution in [-0.4, -0.2) is 0 Å². The van der Waals surface area contributed by atoms with E-state index in [1.54, 1.807) is 6.07 Å². The average Bonchev–Trinajstić information content (AvgIpc) is 2.75. The molecular formula is C17H16FNO. The molecule has 3 aromatic rings. The third kappa shape index (κ3) is 2.27. The molecule has 0 saturated heterocycles. The van der Waals surface area contributed by atoms with E-state index in [0.717, 1.165) is 27.9 Å². The van der Waals surface area contributed by atoms with Crippen molar-refractivity contribution in [3.05, 3.63) is 65.2 Å². The average molecular weight is 269 g/mol. The summed E-state index contributed by atoms with van der Waals surface area (Å²) >= 11 is 0. The van der Waals surface area contributed by atoms with Gasteiger partial charge in [-0.2, -0.15) is 0 Å². The van der Waals surface area contributed by atoms with Crippen LogP contribution in [0.3, 0.4) is 0 Å². The van der Waals surface area contributed by atoms with Crippen molar-refractivity contribution < 1.29 is 8.81 Å². The second kappa shape index (κ2) is 5.00. The van der Waals surface area contributed by atoms with Crippen molar-refractivity contribution in [2.24, 2.45) is 0 Å². The van der Waals surface area contributed by atoms with E-state index in [-0.39, 0.29) is 5.82 Å². The molecule has 102 valence electrons. The topological polar surface area (TPSA) is 25.2 Å². The van der Waals surface area contributed by atoms with Gasteiger partial charge in [-0.15, -0.1) is 0 Å². The van der Waals surface area contributed by atoms with Crippen LogP contribution in [-0.2, 0) is 6.54 Å². The molecule has 3 rings (SSSR count). The van der Waals surface area contributed by atoms with Crippen molar-refractivity contribution >= 4 is 16.7 Å². The number of benzene rings is 2. The smallest absolute Gasteiger partial charge is 0.146 e. The molecule has 0 aliphatic heterocycles. The molecule has 0 aliphatic carbocycles. The van der Waals surface area contributed by atoms with E-state index in [9.17, 15) is 4.39 Å². The number of halogens is 1. The zero-order valence-corrected chi connectivity index (χ0v) is 11.5. The zero-order valence-electron chi connectivity index (χ0n) is 11.5. The molecule has 0 amide bonds. The van der Waals surface area contributed by atoms with Gasteiger partial charge < -0.3 is 9.73 Å². The van der Waals surface area contributed by atoms with Gasteiger partial charge in [-0.25, -0.2) is 4.39 Å². The highest BCUT2D eigenvalue weighted by molar-refractivity contribution is 5.82. The molecule has 0 saturated carbocycles. The zero-order chi connectivity index (χ0) is 14.1. The normalized spacial score (nSPS) is 10.9. The second-order valence-electron chi connectivity index (χ2n) is 4.97. The molecule has 1 heterocycles. The summed E-state index contributed by atoms with van der Waals surface area (Å²) in [6, 6.07) is 13.0. The number of hydrogen-bond acceptors (Lipinski definition) is 2. The fourth-order valence-electron chi connectivity index (χ4n) is 2.40. The van der Waals surface area contributed by atoms with Crippen LogP contribution in [0.5, 0.6) is 0 Å². The maximum atomic E-state index is 13.7. The van der Waals surface area contributed by atoms with E-state index < -0.39 is 0 Å². The monoisotopic (exact) mass is 269 g/mol. The van der Waals surface area contributed by atoms with Gasteiger partial charge in [-0.05, 0) is 37.6 Å². The predicted molar refractivity (Wildman–Crippen MR) is 79.4 cm³/mol. The van der Waals surface area contributed by atoms with Crippen molar-refractivity contribution in [2.45, 2.75) is 20.4 Å². The van der Waals surface area contributed by atoms with Crippen LogP contribution in [0.25, 0.3) is 11.0 Å². The van der Waals surface area contributed by atoms with Crippen molar-refractivity contribution in [1.29, 1.82) is 0 Å². The Hall–Kier alpha value is -2.29. The van der Waals surface area contributed by atoms with E-state index in [0.29, 0.717) is 12.2 Å². The van der Waals surface area contributed by atoms with E-state index in [1.165, 1.54) is 6.07 Å². The first-order valence-corrected chi connectivity index (χ1v) is 6.62. The Morgan fingerprint density at radius 3 is 2.75 bits per heavy atom. The maximum Gasteiger partial charge on any atom is 0.146 e. The van der Waals surface area contributed by atoms with Gasteiger partial charge in [0.2, 0.25) is 0 Å². The Balaban J connectivity index is 1.90. The SMILES string of the molecule is Cc1ccc(F)c(NCc2c(C)oc3ccccc23)c1.